The molecule has 1 fully saturated rings. The summed E-state index contributed by atoms with van der Waals surface area (Å²) in [7, 11) is 0. The minimum absolute atomic E-state index is 0.0392. The normalized spacial score (nSPS) is 13.7. The summed E-state index contributed by atoms with van der Waals surface area (Å²) < 4.78 is 1.76. The maximum Gasteiger partial charge on any atom is 0.257 e. The molecule has 0 atom stereocenters. The Balaban J connectivity index is 1.82. The van der Waals surface area contributed by atoms with Crippen LogP contribution in [0.4, 0.5) is 0 Å². The second kappa shape index (κ2) is 5.68. The van der Waals surface area contributed by atoms with Crippen LogP contribution in [0.15, 0.2) is 61.1 Å². The van der Waals surface area contributed by atoms with E-state index in [1.165, 1.54) is 0 Å². The topological polar surface area (TPSA) is 51.0 Å². The summed E-state index contributed by atoms with van der Waals surface area (Å²) in [4.78, 5) is 18.7. The molecule has 0 aliphatic carbocycles. The summed E-state index contributed by atoms with van der Waals surface area (Å²) in [5, 5.41) is 4.64. The van der Waals surface area contributed by atoms with Crippen molar-refractivity contribution in [2.75, 3.05) is 13.1 Å². The zero-order valence-corrected chi connectivity index (χ0v) is 12.6. The molecule has 0 spiro atoms. The van der Waals surface area contributed by atoms with Crippen LogP contribution in [0.2, 0.25) is 0 Å². The molecule has 5 heteroatoms. The van der Waals surface area contributed by atoms with Gasteiger partial charge >= 0.3 is 0 Å². The highest BCUT2D eigenvalue weighted by Crippen LogP contribution is 2.25. The average Bonchev–Trinajstić information content (AvgIpc) is 3.00. The van der Waals surface area contributed by atoms with Crippen molar-refractivity contribution in [2.24, 2.45) is 0 Å². The van der Waals surface area contributed by atoms with E-state index in [-0.39, 0.29) is 5.91 Å². The molecular weight excluding hydrogens is 288 g/mol. The van der Waals surface area contributed by atoms with Crippen LogP contribution in [0.5, 0.6) is 0 Å². The number of pyridine rings is 1. The van der Waals surface area contributed by atoms with Crippen LogP contribution in [0.1, 0.15) is 16.8 Å². The summed E-state index contributed by atoms with van der Waals surface area (Å²) in [5.74, 6) is 0.0392. The molecule has 0 unspecified atom stereocenters. The number of nitrogens with zero attached hydrogens (tertiary/aromatic N) is 4. The SMILES string of the molecule is O=C(c1cn(-c2ccccc2)nc1-c1cccnc1)N1CCC1. The molecule has 1 aromatic carbocycles. The highest BCUT2D eigenvalue weighted by Gasteiger charge is 2.26. The van der Waals surface area contributed by atoms with Gasteiger partial charge in [0.2, 0.25) is 0 Å². The average molecular weight is 304 g/mol. The lowest BCUT2D eigenvalue weighted by atomic mass is 10.1. The number of para-hydroxylation sites is 1. The molecule has 0 bridgehead atoms. The Morgan fingerprint density at radius 1 is 1.04 bits per heavy atom. The lowest BCUT2D eigenvalue weighted by molar-refractivity contribution is 0.0652. The van der Waals surface area contributed by atoms with E-state index in [2.05, 4.69) is 10.1 Å². The third kappa shape index (κ3) is 2.50. The van der Waals surface area contributed by atoms with Crippen molar-refractivity contribution < 1.29 is 4.79 Å². The molecule has 4 rings (SSSR count). The van der Waals surface area contributed by atoms with Crippen LogP contribution < -0.4 is 0 Å². The molecular formula is C18H16N4O. The van der Waals surface area contributed by atoms with E-state index >= 15 is 0 Å². The second-order valence-electron chi connectivity index (χ2n) is 5.56. The molecule has 114 valence electrons. The molecule has 1 aliphatic rings. The van der Waals surface area contributed by atoms with Gasteiger partial charge in [-0.1, -0.05) is 18.2 Å². The zero-order chi connectivity index (χ0) is 15.6. The fourth-order valence-electron chi connectivity index (χ4n) is 2.65. The first-order valence-electron chi connectivity index (χ1n) is 7.68. The zero-order valence-electron chi connectivity index (χ0n) is 12.6. The number of carbonyl (C=O) groups is 1. The van der Waals surface area contributed by atoms with E-state index in [1.807, 2.05) is 53.6 Å². The van der Waals surface area contributed by atoms with Gasteiger partial charge in [-0.25, -0.2) is 4.68 Å². The van der Waals surface area contributed by atoms with E-state index in [0.29, 0.717) is 11.3 Å². The fraction of sp³-hybridized carbons (Fsp3) is 0.167. The Kier molecular flexibility index (Phi) is 3.38. The van der Waals surface area contributed by atoms with Crippen LogP contribution in [-0.4, -0.2) is 38.7 Å². The van der Waals surface area contributed by atoms with Crippen molar-refractivity contribution in [1.29, 1.82) is 0 Å². The van der Waals surface area contributed by atoms with Gasteiger partial charge in [-0.05, 0) is 30.7 Å². The van der Waals surface area contributed by atoms with Crippen LogP contribution in [0.3, 0.4) is 0 Å². The van der Waals surface area contributed by atoms with Gasteiger partial charge in [0.05, 0.1) is 11.3 Å². The van der Waals surface area contributed by atoms with Gasteiger partial charge in [0.25, 0.3) is 5.91 Å². The van der Waals surface area contributed by atoms with E-state index in [4.69, 9.17) is 0 Å². The van der Waals surface area contributed by atoms with Crippen LogP contribution in [-0.2, 0) is 0 Å². The number of hydrogen-bond donors (Lipinski definition) is 0. The highest BCUT2D eigenvalue weighted by atomic mass is 16.2. The number of carbonyl (C=O) groups excluding carboxylic acids is 1. The Hall–Kier alpha value is -2.95. The van der Waals surface area contributed by atoms with Crippen LogP contribution >= 0.6 is 0 Å². The summed E-state index contributed by atoms with van der Waals surface area (Å²) in [6, 6.07) is 13.6. The highest BCUT2D eigenvalue weighted by molar-refractivity contribution is 6.00. The summed E-state index contributed by atoms with van der Waals surface area (Å²) in [5.41, 5.74) is 3.09. The molecule has 0 saturated carbocycles. The summed E-state index contributed by atoms with van der Waals surface area (Å²) in [6.07, 6.45) is 6.35. The molecule has 2 aromatic heterocycles. The predicted molar refractivity (Wildman–Crippen MR) is 87.3 cm³/mol. The van der Waals surface area contributed by atoms with Gasteiger partial charge in [0, 0.05) is 37.2 Å². The molecule has 23 heavy (non-hydrogen) atoms. The molecule has 1 saturated heterocycles. The Labute approximate surface area is 134 Å². The van der Waals surface area contributed by atoms with Crippen LogP contribution in [0.25, 0.3) is 16.9 Å². The molecule has 1 aliphatic heterocycles. The first kappa shape index (κ1) is 13.7. The largest absolute Gasteiger partial charge is 0.338 e. The van der Waals surface area contributed by atoms with Crippen molar-refractivity contribution >= 4 is 5.91 Å². The fourth-order valence-corrected chi connectivity index (χ4v) is 2.65. The molecule has 0 N–H and O–H groups in total. The van der Waals surface area contributed by atoms with Gasteiger partial charge < -0.3 is 4.90 Å². The molecule has 0 radical (unpaired) electrons. The third-order valence-electron chi connectivity index (χ3n) is 4.04. The van der Waals surface area contributed by atoms with E-state index in [1.54, 1.807) is 17.1 Å². The number of rotatable bonds is 3. The molecule has 5 nitrogen and oxygen atoms in total. The van der Waals surface area contributed by atoms with E-state index in [0.717, 1.165) is 30.8 Å². The Morgan fingerprint density at radius 3 is 2.52 bits per heavy atom. The first-order valence-corrected chi connectivity index (χ1v) is 7.68. The van der Waals surface area contributed by atoms with Gasteiger partial charge in [-0.2, -0.15) is 5.10 Å². The minimum atomic E-state index is 0.0392. The molecule has 1 amide bonds. The van der Waals surface area contributed by atoms with Crippen molar-refractivity contribution in [3.63, 3.8) is 0 Å². The van der Waals surface area contributed by atoms with Gasteiger partial charge in [-0.15, -0.1) is 0 Å². The second-order valence-corrected chi connectivity index (χ2v) is 5.56. The van der Waals surface area contributed by atoms with Crippen molar-refractivity contribution in [1.82, 2.24) is 19.7 Å². The summed E-state index contributed by atoms with van der Waals surface area (Å²) >= 11 is 0. The predicted octanol–water partition coefficient (Wildman–Crippen LogP) is 2.78. The third-order valence-corrected chi connectivity index (χ3v) is 4.04. The number of hydrogen-bond acceptors (Lipinski definition) is 3. The van der Waals surface area contributed by atoms with Gasteiger partial charge in [-0.3, -0.25) is 9.78 Å². The minimum Gasteiger partial charge on any atom is -0.338 e. The Bertz CT molecular complexity index is 823. The smallest absolute Gasteiger partial charge is 0.257 e. The molecule has 3 aromatic rings. The number of amides is 1. The van der Waals surface area contributed by atoms with Gasteiger partial charge in [0.15, 0.2) is 0 Å². The van der Waals surface area contributed by atoms with Crippen molar-refractivity contribution in [3.8, 4) is 16.9 Å². The maximum atomic E-state index is 12.7. The monoisotopic (exact) mass is 304 g/mol. The number of aromatic nitrogens is 3. The molecule has 3 heterocycles. The maximum absolute atomic E-state index is 12.7. The lowest BCUT2D eigenvalue weighted by Crippen LogP contribution is -2.42. The van der Waals surface area contributed by atoms with E-state index in [9.17, 15) is 4.79 Å². The van der Waals surface area contributed by atoms with Crippen molar-refractivity contribution in [3.05, 3.63) is 66.6 Å². The van der Waals surface area contributed by atoms with Crippen LogP contribution in [0, 0.1) is 0 Å². The quantitative estimate of drug-likeness (QED) is 0.747. The standard InChI is InChI=1S/C18H16N4O/c23-18(21-10-5-11-21)16-13-22(15-7-2-1-3-8-15)20-17(16)14-6-4-9-19-12-14/h1-4,6-9,12-13H,5,10-11H2. The lowest BCUT2D eigenvalue weighted by Gasteiger charge is -2.30. The summed E-state index contributed by atoms with van der Waals surface area (Å²) in [6.45, 7) is 1.64. The first-order chi connectivity index (χ1) is 11.3. The van der Waals surface area contributed by atoms with Gasteiger partial charge in [0.1, 0.15) is 5.69 Å². The van der Waals surface area contributed by atoms with E-state index < -0.39 is 0 Å². The van der Waals surface area contributed by atoms with Crippen molar-refractivity contribution in [2.45, 2.75) is 6.42 Å². The Morgan fingerprint density at radius 2 is 1.87 bits per heavy atom. The number of likely N-dealkylation sites (tertiary alicyclic amines) is 1. The number of benzene rings is 1.